The fourth-order valence-electron chi connectivity index (χ4n) is 0.680. The second kappa shape index (κ2) is 20.3. The molecule has 0 spiro atoms. The maximum Gasteiger partial charge on any atom is 4.00 e. The summed E-state index contributed by atoms with van der Waals surface area (Å²) in [4.78, 5) is 0. The third-order valence-corrected chi connectivity index (χ3v) is 1.46. The molecule has 0 aliphatic heterocycles. The van der Waals surface area contributed by atoms with Gasteiger partial charge in [-0.15, -0.1) is 12.8 Å². The summed E-state index contributed by atoms with van der Waals surface area (Å²) in [6.07, 6.45) is 24.7. The molecular formula is C14H17ClZr. The van der Waals surface area contributed by atoms with Gasteiger partial charge in [0.2, 0.25) is 0 Å². The Hall–Kier alpha value is -0.127. The van der Waals surface area contributed by atoms with Crippen LogP contribution in [0.2, 0.25) is 0 Å². The van der Waals surface area contributed by atoms with Crippen molar-refractivity contribution in [1.29, 1.82) is 0 Å². The number of allylic oxidation sites excluding steroid dienone is 10. The second-order valence-corrected chi connectivity index (χ2v) is 2.58. The minimum absolute atomic E-state index is 0. The molecule has 0 fully saturated rings. The Morgan fingerprint density at radius 3 is 1.50 bits per heavy atom. The van der Waals surface area contributed by atoms with Crippen LogP contribution >= 0.6 is 0 Å². The molecule has 84 valence electrons. The van der Waals surface area contributed by atoms with Gasteiger partial charge in [0.25, 0.3) is 0 Å². The molecule has 0 radical (unpaired) electrons. The van der Waals surface area contributed by atoms with E-state index in [-0.39, 0.29) is 38.6 Å². The number of rotatable bonds is 0. The molecule has 0 saturated carbocycles. The molecule has 2 aliphatic rings. The Balaban J connectivity index is -0.000000151. The largest absolute Gasteiger partial charge is 4.00 e. The van der Waals surface area contributed by atoms with Crippen LogP contribution in [0.15, 0.2) is 42.5 Å². The molecule has 0 aromatic carbocycles. The van der Waals surface area contributed by atoms with Crippen LogP contribution in [0.3, 0.4) is 0 Å². The van der Waals surface area contributed by atoms with Crippen LogP contribution in [-0.2, 0) is 26.2 Å². The summed E-state index contributed by atoms with van der Waals surface area (Å²) in [5, 5.41) is 0. The molecule has 0 bridgehead atoms. The van der Waals surface area contributed by atoms with Gasteiger partial charge < -0.3 is 18.5 Å². The summed E-state index contributed by atoms with van der Waals surface area (Å²) in [6, 6.07) is 0. The number of hydrogen-bond acceptors (Lipinski definition) is 0. The topological polar surface area (TPSA) is 0 Å². The van der Waals surface area contributed by atoms with Crippen molar-refractivity contribution in [2.45, 2.75) is 26.7 Å². The smallest absolute Gasteiger partial charge is 1.00 e. The number of halogens is 1. The average Bonchev–Trinajstić information content (AvgIpc) is 2.94. The van der Waals surface area contributed by atoms with E-state index < -0.39 is 0 Å². The first kappa shape index (κ1) is 21.2. The van der Waals surface area contributed by atoms with Gasteiger partial charge in [-0.1, -0.05) is 6.92 Å². The predicted molar refractivity (Wildman–Crippen MR) is 62.3 cm³/mol. The Bertz CT molecular complexity index is 201. The van der Waals surface area contributed by atoms with E-state index in [0.29, 0.717) is 0 Å². The van der Waals surface area contributed by atoms with E-state index in [9.17, 15) is 0 Å². The molecule has 0 heterocycles. The Morgan fingerprint density at radius 1 is 1.06 bits per heavy atom. The van der Waals surface area contributed by atoms with Crippen molar-refractivity contribution in [2.24, 2.45) is 0 Å². The van der Waals surface area contributed by atoms with Crippen molar-refractivity contribution in [1.82, 2.24) is 0 Å². The molecule has 0 atom stereocenters. The van der Waals surface area contributed by atoms with Crippen molar-refractivity contribution in [3.8, 4) is 0 Å². The van der Waals surface area contributed by atoms with Crippen LogP contribution in [0.5, 0.6) is 0 Å². The van der Waals surface area contributed by atoms with Crippen molar-refractivity contribution in [2.75, 3.05) is 0 Å². The van der Waals surface area contributed by atoms with Crippen LogP contribution in [-0.4, -0.2) is 0 Å². The van der Waals surface area contributed by atoms with E-state index in [1.165, 1.54) is 0 Å². The van der Waals surface area contributed by atoms with E-state index in [4.69, 9.17) is 0 Å². The summed E-state index contributed by atoms with van der Waals surface area (Å²) in [7, 11) is 0. The van der Waals surface area contributed by atoms with E-state index in [2.05, 4.69) is 30.4 Å². The molecule has 0 saturated heterocycles. The third-order valence-electron chi connectivity index (χ3n) is 1.46. The minimum atomic E-state index is 0. The molecule has 16 heavy (non-hydrogen) atoms. The van der Waals surface area contributed by atoms with Crippen LogP contribution in [0.4, 0.5) is 0 Å². The van der Waals surface area contributed by atoms with Gasteiger partial charge in [0.1, 0.15) is 0 Å². The third kappa shape index (κ3) is 19.4. The van der Waals surface area contributed by atoms with Gasteiger partial charge >= 0.3 is 26.2 Å². The molecule has 0 nitrogen and oxygen atoms in total. The molecular weight excluding hydrogens is 295 g/mol. The summed E-state index contributed by atoms with van der Waals surface area (Å²) in [6.45, 7) is 3.82. The summed E-state index contributed by atoms with van der Waals surface area (Å²) in [5.74, 6) is 0. The maximum atomic E-state index is 2.99. The van der Waals surface area contributed by atoms with E-state index >= 15 is 0 Å². The molecule has 0 amide bonds. The average molecular weight is 312 g/mol. The minimum Gasteiger partial charge on any atom is -1.00 e. The van der Waals surface area contributed by atoms with E-state index in [0.717, 1.165) is 12.8 Å². The number of hydrogen-bond donors (Lipinski definition) is 0. The van der Waals surface area contributed by atoms with Crippen LogP contribution in [0.1, 0.15) is 26.7 Å². The van der Waals surface area contributed by atoms with Gasteiger partial charge in [-0.05, 0) is 0 Å². The van der Waals surface area contributed by atoms with Gasteiger partial charge in [0, 0.05) is 0 Å². The summed E-state index contributed by atoms with van der Waals surface area (Å²) < 4.78 is 0. The quantitative estimate of drug-likeness (QED) is 0.586. The molecule has 2 heteroatoms. The Labute approximate surface area is 125 Å². The first-order chi connectivity index (χ1) is 6.91. The summed E-state index contributed by atoms with van der Waals surface area (Å²) in [5.41, 5.74) is 0. The zero-order valence-corrected chi connectivity index (χ0v) is 13.0. The van der Waals surface area contributed by atoms with Crippen molar-refractivity contribution < 1.29 is 38.6 Å². The van der Waals surface area contributed by atoms with Gasteiger partial charge in [-0.2, -0.15) is 19.1 Å². The zero-order chi connectivity index (χ0) is 10.5. The van der Waals surface area contributed by atoms with Crippen LogP contribution in [0.25, 0.3) is 0 Å². The predicted octanol–water partition coefficient (Wildman–Crippen LogP) is 0.998. The summed E-state index contributed by atoms with van der Waals surface area (Å²) >= 11 is 0. The van der Waals surface area contributed by atoms with Gasteiger partial charge in [0.15, 0.2) is 0 Å². The van der Waals surface area contributed by atoms with Crippen molar-refractivity contribution >= 4 is 0 Å². The zero-order valence-electron chi connectivity index (χ0n) is 9.83. The monoisotopic (exact) mass is 310 g/mol. The fourth-order valence-corrected chi connectivity index (χ4v) is 0.680. The van der Waals surface area contributed by atoms with Gasteiger partial charge in [0.05, 0.1) is 0 Å². The molecule has 2 rings (SSSR count). The molecule has 0 aromatic rings. The second-order valence-electron chi connectivity index (χ2n) is 2.58. The van der Waals surface area contributed by atoms with E-state index in [1.54, 1.807) is 0 Å². The fraction of sp³-hybridized carbons (Fsp3) is 0.286. The first-order valence-electron chi connectivity index (χ1n) is 4.80. The van der Waals surface area contributed by atoms with Crippen molar-refractivity contribution in [3.63, 3.8) is 0 Å². The van der Waals surface area contributed by atoms with Gasteiger partial charge in [-0.3, -0.25) is 18.2 Å². The molecule has 0 aromatic heterocycles. The van der Waals surface area contributed by atoms with Crippen molar-refractivity contribution in [3.05, 3.63) is 60.8 Å². The normalized spacial score (nSPS) is 13.4. The Morgan fingerprint density at radius 2 is 1.44 bits per heavy atom. The van der Waals surface area contributed by atoms with Gasteiger partial charge in [-0.25, -0.2) is 24.3 Å². The standard InChI is InChI=1S/2C5H5.C4H7.ClH.Zr/c2*1-2-4-5-3-1;1-3-4-2;;/h2*1-3H,4H2;3H,1-2H3;1H;/q3*-1;;+4/p-1. The maximum absolute atomic E-state index is 2.99. The van der Waals surface area contributed by atoms with E-state index in [1.807, 2.05) is 44.2 Å². The van der Waals surface area contributed by atoms with Crippen LogP contribution in [0, 0.1) is 18.2 Å². The molecule has 0 unspecified atom stereocenters. The molecule has 2 aliphatic carbocycles. The van der Waals surface area contributed by atoms with Crippen LogP contribution < -0.4 is 12.4 Å². The molecule has 0 N–H and O–H groups in total. The Kier molecular flexibility index (Phi) is 26.9. The first-order valence-corrected chi connectivity index (χ1v) is 4.80. The SMILES string of the molecule is C[C-]=CC.[C-]1=CC=CC1.[C-]1=CC=CC1.[Cl-].[Zr+4].